The number of rotatable bonds is 3. The molecule has 6 rings (SSSR count). The van der Waals surface area contributed by atoms with Gasteiger partial charge in [0.05, 0.1) is 6.10 Å². The van der Waals surface area contributed by atoms with E-state index in [0.29, 0.717) is 53.6 Å². The van der Waals surface area contributed by atoms with Gasteiger partial charge < -0.3 is 15.0 Å². The fraction of sp³-hybridized carbons (Fsp3) is 0.906. The van der Waals surface area contributed by atoms with E-state index in [-0.39, 0.29) is 46.9 Å². The van der Waals surface area contributed by atoms with Crippen molar-refractivity contribution in [2.45, 2.75) is 110 Å². The number of carbonyl (C=O) groups excluding carboxylic acids is 3. The average Bonchev–Trinajstić information content (AvgIpc) is 3.33. The van der Waals surface area contributed by atoms with Gasteiger partial charge in [0.1, 0.15) is 17.9 Å². The SMILES string of the molecule is C[C@H]1CC[C@@]2(NC1)O[C@H]1C[C@H]3[C@@H]4CC[C@@H]5C[C@@H](NC(=O)CC(=O)N(C)C)CC[C@]5(C)[C@H]4CC(=O)[C@]3(C)[C@H]1[C@@H]2C. The summed E-state index contributed by atoms with van der Waals surface area (Å²) >= 11 is 0. The number of carbonyl (C=O) groups is 3. The fourth-order valence-corrected chi connectivity index (χ4v) is 10.8. The number of Topliss-reactive ketones (excluding diaryl/α,β-unsaturated/α-hetero) is 1. The van der Waals surface area contributed by atoms with Crippen molar-refractivity contribution in [3.63, 3.8) is 0 Å². The Bertz CT molecular complexity index is 1020. The highest BCUT2D eigenvalue weighted by Crippen LogP contribution is 2.70. The minimum Gasteiger partial charge on any atom is -0.357 e. The van der Waals surface area contributed by atoms with Crippen LogP contribution in [0.25, 0.3) is 0 Å². The lowest BCUT2D eigenvalue weighted by atomic mass is 9.44. The molecule has 0 aromatic carbocycles. The molecule has 0 bridgehead atoms. The van der Waals surface area contributed by atoms with Crippen LogP contribution in [0.3, 0.4) is 0 Å². The third-order valence-electron chi connectivity index (χ3n) is 13.2. The molecule has 2 aliphatic heterocycles. The van der Waals surface area contributed by atoms with Gasteiger partial charge in [0.25, 0.3) is 0 Å². The Morgan fingerprint density at radius 1 is 1.05 bits per heavy atom. The van der Waals surface area contributed by atoms with Gasteiger partial charge in [-0.15, -0.1) is 0 Å². The van der Waals surface area contributed by atoms with E-state index >= 15 is 0 Å². The molecule has 6 fully saturated rings. The molecule has 39 heavy (non-hydrogen) atoms. The van der Waals surface area contributed by atoms with Crippen LogP contribution in [-0.2, 0) is 19.1 Å². The highest BCUT2D eigenvalue weighted by Gasteiger charge is 2.71. The number of ketones is 1. The Kier molecular flexibility index (Phi) is 6.77. The summed E-state index contributed by atoms with van der Waals surface area (Å²) in [5.74, 6) is 3.52. The summed E-state index contributed by atoms with van der Waals surface area (Å²) in [6.45, 7) is 10.5. The molecule has 12 atom stereocenters. The largest absolute Gasteiger partial charge is 0.357 e. The summed E-state index contributed by atoms with van der Waals surface area (Å²) in [7, 11) is 3.37. The van der Waals surface area contributed by atoms with Crippen LogP contribution in [0.5, 0.6) is 0 Å². The van der Waals surface area contributed by atoms with Crippen LogP contribution in [0.2, 0.25) is 0 Å². The third-order valence-corrected chi connectivity index (χ3v) is 13.2. The number of amides is 2. The van der Waals surface area contributed by atoms with Gasteiger partial charge in [0.2, 0.25) is 11.8 Å². The number of hydrogen-bond donors (Lipinski definition) is 2. The molecule has 7 nitrogen and oxygen atoms in total. The van der Waals surface area contributed by atoms with E-state index in [2.05, 4.69) is 38.3 Å². The average molecular weight is 542 g/mol. The summed E-state index contributed by atoms with van der Waals surface area (Å²) in [5.41, 5.74) is -0.365. The first kappa shape index (κ1) is 27.7. The van der Waals surface area contributed by atoms with Crippen LogP contribution in [0.4, 0.5) is 0 Å². The van der Waals surface area contributed by atoms with Crippen molar-refractivity contribution >= 4 is 17.6 Å². The minimum atomic E-state index is -0.271. The molecule has 4 saturated carbocycles. The zero-order chi connectivity index (χ0) is 27.9. The van der Waals surface area contributed by atoms with Gasteiger partial charge in [-0.25, -0.2) is 0 Å². The smallest absolute Gasteiger partial charge is 0.231 e. The molecule has 218 valence electrons. The zero-order valence-corrected chi connectivity index (χ0v) is 25.1. The topological polar surface area (TPSA) is 87.7 Å². The first-order valence-corrected chi connectivity index (χ1v) is 15.8. The summed E-state index contributed by atoms with van der Waals surface area (Å²) in [6.07, 6.45) is 9.44. The predicted octanol–water partition coefficient (Wildman–Crippen LogP) is 4.15. The van der Waals surface area contributed by atoms with Gasteiger partial charge in [-0.2, -0.15) is 0 Å². The molecular formula is C32H51N3O4. The van der Waals surface area contributed by atoms with Crippen LogP contribution in [-0.4, -0.2) is 61.0 Å². The van der Waals surface area contributed by atoms with E-state index in [9.17, 15) is 14.4 Å². The lowest BCUT2D eigenvalue weighted by Crippen LogP contribution is -2.60. The Morgan fingerprint density at radius 3 is 2.51 bits per heavy atom. The Morgan fingerprint density at radius 2 is 1.82 bits per heavy atom. The van der Waals surface area contributed by atoms with Crippen molar-refractivity contribution in [2.24, 2.45) is 52.3 Å². The molecule has 0 aromatic rings. The quantitative estimate of drug-likeness (QED) is 0.524. The molecule has 0 radical (unpaired) electrons. The summed E-state index contributed by atoms with van der Waals surface area (Å²) in [6, 6.07) is 0.133. The van der Waals surface area contributed by atoms with Crippen molar-refractivity contribution in [2.75, 3.05) is 20.6 Å². The maximum Gasteiger partial charge on any atom is 0.231 e. The first-order valence-electron chi connectivity index (χ1n) is 15.8. The number of ether oxygens (including phenoxy) is 1. The summed E-state index contributed by atoms with van der Waals surface area (Å²) in [5, 5.41) is 6.96. The van der Waals surface area contributed by atoms with Gasteiger partial charge in [-0.05, 0) is 86.4 Å². The molecule has 2 amide bonds. The molecule has 2 heterocycles. The standard InChI is InChI=1S/C32H51N3O4/c1-18-9-12-32(33-17-18)19(2)29-25(39-32)14-24-22-8-7-20-13-21(34-27(37)16-28(38)35(5)6)10-11-30(20,3)23(22)15-26(36)31(24,29)4/h18-25,29,33H,7-17H2,1-6H3,(H,34,37)/t18-,19-,20+,21-,22+,23-,24-,25-,29-,30-,31+,32+/m0/s1. The van der Waals surface area contributed by atoms with E-state index in [1.165, 1.54) is 24.2 Å². The number of nitrogens with one attached hydrogen (secondary N) is 2. The molecule has 0 unspecified atom stereocenters. The number of fused-ring (bicyclic) bond motifs is 7. The van der Waals surface area contributed by atoms with Crippen molar-refractivity contribution < 1.29 is 19.1 Å². The fourth-order valence-electron chi connectivity index (χ4n) is 10.8. The lowest BCUT2D eigenvalue weighted by Gasteiger charge is -2.60. The van der Waals surface area contributed by atoms with Crippen LogP contribution >= 0.6 is 0 Å². The van der Waals surface area contributed by atoms with Crippen molar-refractivity contribution in [3.05, 3.63) is 0 Å². The summed E-state index contributed by atoms with van der Waals surface area (Å²) in [4.78, 5) is 40.3. The number of nitrogens with zero attached hydrogens (tertiary/aromatic N) is 1. The van der Waals surface area contributed by atoms with Crippen LogP contribution in [0.1, 0.15) is 91.9 Å². The van der Waals surface area contributed by atoms with Gasteiger partial charge in [-0.1, -0.05) is 27.7 Å². The number of piperidine rings is 1. The molecule has 1 spiro atoms. The van der Waals surface area contributed by atoms with Gasteiger partial charge >= 0.3 is 0 Å². The molecule has 6 aliphatic rings. The third kappa shape index (κ3) is 4.14. The molecule has 7 heteroatoms. The van der Waals surface area contributed by atoms with Gasteiger partial charge in [0.15, 0.2) is 0 Å². The zero-order valence-electron chi connectivity index (χ0n) is 25.1. The second-order valence-corrected chi connectivity index (χ2v) is 15.2. The summed E-state index contributed by atoms with van der Waals surface area (Å²) < 4.78 is 6.95. The Labute approximate surface area is 234 Å². The minimum absolute atomic E-state index is 0.0798. The second kappa shape index (κ2) is 9.54. The first-order chi connectivity index (χ1) is 18.4. The molecule has 4 aliphatic carbocycles. The normalized spacial score (nSPS) is 50.5. The van der Waals surface area contributed by atoms with Crippen molar-refractivity contribution in [1.82, 2.24) is 15.5 Å². The Hall–Kier alpha value is -1.47. The molecule has 0 aromatic heterocycles. The highest BCUT2D eigenvalue weighted by molar-refractivity contribution is 5.96. The molecule has 2 saturated heterocycles. The number of hydrogen-bond acceptors (Lipinski definition) is 5. The van der Waals surface area contributed by atoms with E-state index in [4.69, 9.17) is 4.74 Å². The van der Waals surface area contributed by atoms with E-state index < -0.39 is 0 Å². The van der Waals surface area contributed by atoms with E-state index in [0.717, 1.165) is 38.6 Å². The lowest BCUT2D eigenvalue weighted by molar-refractivity contribution is -0.160. The molecular weight excluding hydrogens is 490 g/mol. The van der Waals surface area contributed by atoms with E-state index in [1.54, 1.807) is 14.1 Å². The predicted molar refractivity (Wildman–Crippen MR) is 149 cm³/mol. The van der Waals surface area contributed by atoms with Gasteiger partial charge in [0, 0.05) is 50.4 Å². The maximum absolute atomic E-state index is 14.3. The van der Waals surface area contributed by atoms with Crippen LogP contribution in [0.15, 0.2) is 0 Å². The second-order valence-electron chi connectivity index (χ2n) is 15.2. The van der Waals surface area contributed by atoms with Crippen LogP contribution in [0, 0.1) is 52.3 Å². The highest BCUT2D eigenvalue weighted by atomic mass is 16.5. The van der Waals surface area contributed by atoms with E-state index in [1.807, 2.05) is 0 Å². The monoisotopic (exact) mass is 541 g/mol. The van der Waals surface area contributed by atoms with Crippen LogP contribution < -0.4 is 10.6 Å². The maximum atomic E-state index is 14.3. The molecule has 2 N–H and O–H groups in total. The Balaban J connectivity index is 1.16. The van der Waals surface area contributed by atoms with Crippen molar-refractivity contribution in [1.29, 1.82) is 0 Å². The van der Waals surface area contributed by atoms with Crippen molar-refractivity contribution in [3.8, 4) is 0 Å². The van der Waals surface area contributed by atoms with Gasteiger partial charge in [-0.3, -0.25) is 19.7 Å².